The first-order valence-corrected chi connectivity index (χ1v) is 7.04. The predicted octanol–water partition coefficient (Wildman–Crippen LogP) is 2.92. The molecular weight excluding hydrogens is 222 g/mol. The lowest BCUT2D eigenvalue weighted by atomic mass is 10.1. The molecule has 0 aliphatic carbocycles. The molecule has 2 unspecified atom stereocenters. The fourth-order valence-electron chi connectivity index (χ4n) is 3.22. The molecule has 2 heterocycles. The number of aryl methyl sites for hydroxylation is 2. The summed E-state index contributed by atoms with van der Waals surface area (Å²) in [6.07, 6.45) is 3.78. The van der Waals surface area contributed by atoms with Crippen LogP contribution in [-0.4, -0.2) is 17.1 Å². The van der Waals surface area contributed by atoms with Gasteiger partial charge in [-0.3, -0.25) is 4.98 Å². The lowest BCUT2D eigenvalue weighted by molar-refractivity contribution is 0.624. The summed E-state index contributed by atoms with van der Waals surface area (Å²) in [5, 5.41) is 0. The molecule has 2 rings (SSSR count). The smallest absolute Gasteiger partial charge is 0.0453 e. The average Bonchev–Trinajstić information content (AvgIpc) is 2.69. The van der Waals surface area contributed by atoms with E-state index < -0.39 is 0 Å². The highest BCUT2D eigenvalue weighted by Gasteiger charge is 2.31. The first kappa shape index (κ1) is 13.3. The normalized spacial score (nSPS) is 23.7. The molecule has 1 fully saturated rings. The van der Waals surface area contributed by atoms with Crippen LogP contribution in [-0.2, 0) is 6.54 Å². The number of hydrogen-bond acceptors (Lipinski definition) is 3. The molecule has 1 aromatic heterocycles. The zero-order chi connectivity index (χ0) is 13.3. The van der Waals surface area contributed by atoms with Crippen LogP contribution in [0.15, 0.2) is 6.07 Å². The van der Waals surface area contributed by atoms with E-state index in [2.05, 4.69) is 43.6 Å². The van der Waals surface area contributed by atoms with Gasteiger partial charge >= 0.3 is 0 Å². The van der Waals surface area contributed by atoms with Crippen LogP contribution in [0.2, 0.25) is 0 Å². The Morgan fingerprint density at radius 1 is 1.39 bits per heavy atom. The molecule has 1 saturated heterocycles. The molecule has 2 N–H and O–H groups in total. The van der Waals surface area contributed by atoms with Crippen molar-refractivity contribution in [1.29, 1.82) is 0 Å². The molecule has 3 nitrogen and oxygen atoms in total. The number of nitrogens with two attached hydrogens (primary N) is 1. The molecule has 0 spiro atoms. The molecule has 1 aliphatic rings. The third kappa shape index (κ3) is 2.24. The van der Waals surface area contributed by atoms with Crippen LogP contribution in [0.4, 0.5) is 5.69 Å². The first-order valence-electron chi connectivity index (χ1n) is 7.04. The van der Waals surface area contributed by atoms with E-state index in [0.29, 0.717) is 18.6 Å². The summed E-state index contributed by atoms with van der Waals surface area (Å²) < 4.78 is 0. The van der Waals surface area contributed by atoms with Crippen molar-refractivity contribution < 1.29 is 0 Å². The zero-order valence-corrected chi connectivity index (χ0v) is 12.0. The maximum absolute atomic E-state index is 5.93. The van der Waals surface area contributed by atoms with Gasteiger partial charge in [0.15, 0.2) is 0 Å². The second-order valence-electron chi connectivity index (χ2n) is 5.45. The van der Waals surface area contributed by atoms with Crippen molar-refractivity contribution in [2.24, 2.45) is 5.73 Å². The second kappa shape index (κ2) is 5.27. The summed E-state index contributed by atoms with van der Waals surface area (Å²) >= 11 is 0. The van der Waals surface area contributed by atoms with Gasteiger partial charge in [0.25, 0.3) is 0 Å². The predicted molar refractivity (Wildman–Crippen MR) is 76.9 cm³/mol. The van der Waals surface area contributed by atoms with Gasteiger partial charge in [0.05, 0.1) is 0 Å². The number of hydrogen-bond donors (Lipinski definition) is 1. The monoisotopic (exact) mass is 247 g/mol. The Balaban J connectivity index is 2.48. The Kier molecular flexibility index (Phi) is 3.91. The number of rotatable bonds is 3. The number of anilines is 1. The van der Waals surface area contributed by atoms with E-state index in [0.717, 1.165) is 11.4 Å². The van der Waals surface area contributed by atoms with Crippen molar-refractivity contribution in [3.8, 4) is 0 Å². The van der Waals surface area contributed by atoms with Gasteiger partial charge in [-0.25, -0.2) is 0 Å². The summed E-state index contributed by atoms with van der Waals surface area (Å²) in [5.41, 5.74) is 10.6. The number of aromatic nitrogens is 1. The van der Waals surface area contributed by atoms with Gasteiger partial charge in [-0.15, -0.1) is 0 Å². The van der Waals surface area contributed by atoms with Crippen molar-refractivity contribution in [2.45, 2.75) is 65.6 Å². The second-order valence-corrected chi connectivity index (χ2v) is 5.45. The van der Waals surface area contributed by atoms with E-state index >= 15 is 0 Å². The average molecular weight is 247 g/mol. The number of nitrogens with zero attached hydrogens (tertiary/aromatic N) is 2. The van der Waals surface area contributed by atoms with Crippen LogP contribution in [0.5, 0.6) is 0 Å². The molecule has 1 aliphatic heterocycles. The summed E-state index contributed by atoms with van der Waals surface area (Å²) in [7, 11) is 0. The van der Waals surface area contributed by atoms with Crippen LogP contribution in [0, 0.1) is 13.8 Å². The molecule has 0 aromatic carbocycles. The minimum atomic E-state index is 0.577. The molecule has 18 heavy (non-hydrogen) atoms. The Bertz CT molecular complexity index is 428. The van der Waals surface area contributed by atoms with Crippen LogP contribution >= 0.6 is 0 Å². The SMILES string of the molecule is CCC1CCC(C)N1c1cc(C)nc(C)c1CN. The fourth-order valence-corrected chi connectivity index (χ4v) is 3.22. The molecule has 0 radical (unpaired) electrons. The lowest BCUT2D eigenvalue weighted by Crippen LogP contribution is -2.35. The van der Waals surface area contributed by atoms with Gasteiger partial charge in [0.2, 0.25) is 0 Å². The van der Waals surface area contributed by atoms with E-state index in [9.17, 15) is 0 Å². The molecule has 3 heteroatoms. The summed E-state index contributed by atoms with van der Waals surface area (Å²) in [5.74, 6) is 0. The minimum Gasteiger partial charge on any atom is -0.365 e. The Morgan fingerprint density at radius 3 is 2.72 bits per heavy atom. The Morgan fingerprint density at radius 2 is 2.11 bits per heavy atom. The first-order chi connectivity index (χ1) is 8.58. The van der Waals surface area contributed by atoms with Crippen molar-refractivity contribution in [2.75, 3.05) is 4.90 Å². The van der Waals surface area contributed by atoms with E-state index in [-0.39, 0.29) is 0 Å². The summed E-state index contributed by atoms with van der Waals surface area (Å²) in [6, 6.07) is 3.48. The van der Waals surface area contributed by atoms with Crippen molar-refractivity contribution >= 4 is 5.69 Å². The van der Waals surface area contributed by atoms with Gasteiger partial charge in [-0.2, -0.15) is 0 Å². The fraction of sp³-hybridized carbons (Fsp3) is 0.667. The Hall–Kier alpha value is -1.09. The molecular formula is C15H25N3. The van der Waals surface area contributed by atoms with Crippen molar-refractivity contribution in [3.05, 3.63) is 23.0 Å². The van der Waals surface area contributed by atoms with Gasteiger partial charge in [-0.05, 0) is 46.1 Å². The van der Waals surface area contributed by atoms with Crippen LogP contribution < -0.4 is 10.6 Å². The van der Waals surface area contributed by atoms with Gasteiger partial charge in [0, 0.05) is 41.3 Å². The van der Waals surface area contributed by atoms with Crippen molar-refractivity contribution in [1.82, 2.24) is 4.98 Å². The Labute approximate surface area is 110 Å². The highest BCUT2D eigenvalue weighted by molar-refractivity contribution is 5.58. The quantitative estimate of drug-likeness (QED) is 0.893. The van der Waals surface area contributed by atoms with E-state index in [1.54, 1.807) is 0 Å². The highest BCUT2D eigenvalue weighted by Crippen LogP contribution is 2.35. The van der Waals surface area contributed by atoms with Crippen LogP contribution in [0.3, 0.4) is 0 Å². The topological polar surface area (TPSA) is 42.2 Å². The molecule has 1 aromatic rings. The minimum absolute atomic E-state index is 0.577. The van der Waals surface area contributed by atoms with Gasteiger partial charge in [0.1, 0.15) is 0 Å². The number of pyridine rings is 1. The molecule has 100 valence electrons. The van der Waals surface area contributed by atoms with Crippen LogP contribution in [0.1, 0.15) is 50.1 Å². The standard InChI is InChI=1S/C15H25N3/c1-5-13-7-6-11(3)18(13)15-8-10(2)17-12(4)14(15)9-16/h8,11,13H,5-7,9,16H2,1-4H3. The maximum atomic E-state index is 5.93. The van der Waals surface area contributed by atoms with Gasteiger partial charge in [-0.1, -0.05) is 6.92 Å². The molecule has 0 amide bonds. The van der Waals surface area contributed by atoms with Crippen LogP contribution in [0.25, 0.3) is 0 Å². The van der Waals surface area contributed by atoms with Crippen molar-refractivity contribution in [3.63, 3.8) is 0 Å². The third-order valence-corrected chi connectivity index (χ3v) is 4.18. The van der Waals surface area contributed by atoms with E-state index in [1.165, 1.54) is 30.5 Å². The van der Waals surface area contributed by atoms with Gasteiger partial charge < -0.3 is 10.6 Å². The zero-order valence-electron chi connectivity index (χ0n) is 12.0. The lowest BCUT2D eigenvalue weighted by Gasteiger charge is -2.32. The highest BCUT2D eigenvalue weighted by atomic mass is 15.2. The third-order valence-electron chi connectivity index (χ3n) is 4.18. The maximum Gasteiger partial charge on any atom is 0.0453 e. The molecule has 0 saturated carbocycles. The van der Waals surface area contributed by atoms with E-state index in [1.807, 2.05) is 0 Å². The molecule has 2 atom stereocenters. The largest absolute Gasteiger partial charge is 0.365 e. The van der Waals surface area contributed by atoms with E-state index in [4.69, 9.17) is 5.73 Å². The summed E-state index contributed by atoms with van der Waals surface area (Å²) in [6.45, 7) is 9.31. The molecule has 0 bridgehead atoms. The summed E-state index contributed by atoms with van der Waals surface area (Å²) in [4.78, 5) is 7.12.